The van der Waals surface area contributed by atoms with Crippen molar-refractivity contribution in [2.45, 2.75) is 31.6 Å². The van der Waals surface area contributed by atoms with E-state index in [1.807, 2.05) is 23.1 Å². The smallest absolute Gasteiger partial charge is 0.223 e. The molecule has 1 aliphatic rings. The van der Waals surface area contributed by atoms with Gasteiger partial charge in [0, 0.05) is 42.5 Å². The normalized spacial score (nSPS) is 15.7. The molecule has 4 rings (SSSR count). The molecule has 0 unspecified atom stereocenters. The lowest BCUT2D eigenvalue weighted by molar-refractivity contribution is -0.132. The fraction of sp³-hybridized carbons (Fsp3) is 0.348. The number of para-hydroxylation sites is 1. The lowest BCUT2D eigenvalue weighted by Crippen LogP contribution is -2.36. The first-order valence-corrected chi connectivity index (χ1v) is 9.74. The number of rotatable bonds is 5. The molecule has 27 heavy (non-hydrogen) atoms. The first-order valence-electron chi connectivity index (χ1n) is 9.74. The number of hydrogen-bond donors (Lipinski definition) is 1. The number of aromatic nitrogens is 1. The molecule has 140 valence electrons. The first-order chi connectivity index (χ1) is 13.3. The van der Waals surface area contributed by atoms with Gasteiger partial charge in [0.2, 0.25) is 5.91 Å². The highest BCUT2D eigenvalue weighted by molar-refractivity contribution is 5.86. The molecular formula is C23H26N2O2. The summed E-state index contributed by atoms with van der Waals surface area (Å²) >= 11 is 0. The molecule has 0 radical (unpaired) electrons. The Balaban J connectivity index is 1.69. The molecule has 4 nitrogen and oxygen atoms in total. The molecule has 1 N–H and O–H groups in total. The number of nitrogens with zero attached hydrogens (tertiary/aromatic N) is 1. The van der Waals surface area contributed by atoms with Crippen LogP contribution in [0.25, 0.3) is 10.9 Å². The van der Waals surface area contributed by atoms with E-state index < -0.39 is 0 Å². The number of amides is 1. The largest absolute Gasteiger partial charge is 0.497 e. The number of fused-ring (bicyclic) bond motifs is 1. The second-order valence-corrected chi connectivity index (χ2v) is 7.26. The zero-order valence-electron chi connectivity index (χ0n) is 15.8. The van der Waals surface area contributed by atoms with Gasteiger partial charge in [0.25, 0.3) is 0 Å². The van der Waals surface area contributed by atoms with Crippen molar-refractivity contribution in [1.29, 1.82) is 0 Å². The van der Waals surface area contributed by atoms with Gasteiger partial charge in [0.05, 0.1) is 7.11 Å². The topological polar surface area (TPSA) is 45.3 Å². The highest BCUT2D eigenvalue weighted by Gasteiger charge is 2.25. The Morgan fingerprint density at radius 2 is 1.81 bits per heavy atom. The monoisotopic (exact) mass is 362 g/mol. The Morgan fingerprint density at radius 1 is 1.07 bits per heavy atom. The van der Waals surface area contributed by atoms with Crippen molar-refractivity contribution >= 4 is 16.8 Å². The molecule has 1 aromatic heterocycles. The fourth-order valence-electron chi connectivity index (χ4n) is 4.07. The van der Waals surface area contributed by atoms with Crippen molar-refractivity contribution in [3.05, 3.63) is 65.9 Å². The molecule has 2 heterocycles. The van der Waals surface area contributed by atoms with Crippen molar-refractivity contribution < 1.29 is 9.53 Å². The number of piperidine rings is 1. The molecule has 0 saturated carbocycles. The third kappa shape index (κ3) is 3.70. The number of benzene rings is 2. The Morgan fingerprint density at radius 3 is 2.56 bits per heavy atom. The van der Waals surface area contributed by atoms with E-state index in [4.69, 9.17) is 4.74 Å². The van der Waals surface area contributed by atoms with Crippen LogP contribution in [0.5, 0.6) is 5.75 Å². The van der Waals surface area contributed by atoms with Crippen molar-refractivity contribution in [3.63, 3.8) is 0 Å². The van der Waals surface area contributed by atoms with E-state index in [-0.39, 0.29) is 11.8 Å². The van der Waals surface area contributed by atoms with Crippen molar-refractivity contribution in [1.82, 2.24) is 9.88 Å². The van der Waals surface area contributed by atoms with Crippen LogP contribution in [0.3, 0.4) is 0 Å². The predicted octanol–water partition coefficient (Wildman–Crippen LogP) is 4.71. The minimum Gasteiger partial charge on any atom is -0.497 e. The number of carbonyl (C=O) groups is 1. The number of methoxy groups -OCH3 is 1. The predicted molar refractivity (Wildman–Crippen MR) is 108 cm³/mol. The van der Waals surface area contributed by atoms with Crippen LogP contribution in [-0.2, 0) is 4.79 Å². The Hall–Kier alpha value is -2.75. The number of likely N-dealkylation sites (tertiary alicyclic amines) is 1. The fourth-order valence-corrected chi connectivity index (χ4v) is 4.07. The maximum atomic E-state index is 13.0. The minimum atomic E-state index is 0.0292. The molecular weight excluding hydrogens is 336 g/mol. The molecule has 1 atom stereocenters. The number of ether oxygens (including phenoxy) is 1. The van der Waals surface area contributed by atoms with Crippen molar-refractivity contribution in [3.8, 4) is 5.75 Å². The van der Waals surface area contributed by atoms with Crippen LogP contribution in [0, 0.1) is 0 Å². The van der Waals surface area contributed by atoms with Crippen LogP contribution < -0.4 is 4.74 Å². The van der Waals surface area contributed by atoms with Crippen LogP contribution >= 0.6 is 0 Å². The van der Waals surface area contributed by atoms with E-state index in [0.29, 0.717) is 6.42 Å². The zero-order valence-corrected chi connectivity index (χ0v) is 15.8. The van der Waals surface area contributed by atoms with Crippen LogP contribution in [0.2, 0.25) is 0 Å². The third-order valence-electron chi connectivity index (χ3n) is 5.60. The molecule has 0 bridgehead atoms. The van der Waals surface area contributed by atoms with Gasteiger partial charge < -0.3 is 14.6 Å². The van der Waals surface area contributed by atoms with Crippen LogP contribution in [-0.4, -0.2) is 36.0 Å². The van der Waals surface area contributed by atoms with E-state index in [2.05, 4.69) is 41.5 Å². The van der Waals surface area contributed by atoms with Gasteiger partial charge in [-0.1, -0.05) is 30.3 Å². The summed E-state index contributed by atoms with van der Waals surface area (Å²) < 4.78 is 5.30. The minimum absolute atomic E-state index is 0.0292. The van der Waals surface area contributed by atoms with Gasteiger partial charge in [-0.05, 0) is 48.6 Å². The summed E-state index contributed by atoms with van der Waals surface area (Å²) in [7, 11) is 1.67. The second-order valence-electron chi connectivity index (χ2n) is 7.26. The maximum absolute atomic E-state index is 13.0. The molecule has 1 amide bonds. The third-order valence-corrected chi connectivity index (χ3v) is 5.60. The molecule has 1 saturated heterocycles. The van der Waals surface area contributed by atoms with E-state index in [9.17, 15) is 4.79 Å². The molecule has 3 aromatic rings. The molecule has 4 heteroatoms. The average Bonchev–Trinajstić information content (AvgIpc) is 3.16. The zero-order chi connectivity index (χ0) is 18.6. The number of H-pyrrole nitrogens is 1. The molecule has 1 fully saturated rings. The van der Waals surface area contributed by atoms with Gasteiger partial charge in [-0.15, -0.1) is 0 Å². The molecule has 1 aliphatic heterocycles. The summed E-state index contributed by atoms with van der Waals surface area (Å²) in [6, 6.07) is 16.4. The SMILES string of the molecule is COc1ccc([C@H](CC(=O)N2CCCCC2)c2c[nH]c3ccccc23)cc1. The lowest BCUT2D eigenvalue weighted by Gasteiger charge is -2.28. The van der Waals surface area contributed by atoms with E-state index in [1.165, 1.54) is 17.4 Å². The van der Waals surface area contributed by atoms with E-state index in [0.717, 1.165) is 42.8 Å². The molecule has 2 aromatic carbocycles. The first kappa shape index (κ1) is 17.7. The molecule has 0 spiro atoms. The van der Waals surface area contributed by atoms with Gasteiger partial charge in [0.15, 0.2) is 0 Å². The quantitative estimate of drug-likeness (QED) is 0.714. The second kappa shape index (κ2) is 7.87. The number of carbonyl (C=O) groups excluding carboxylic acids is 1. The number of hydrogen-bond acceptors (Lipinski definition) is 2. The van der Waals surface area contributed by atoms with Gasteiger partial charge in [0.1, 0.15) is 5.75 Å². The highest BCUT2D eigenvalue weighted by atomic mass is 16.5. The standard InChI is InChI=1S/C23H26N2O2/c1-27-18-11-9-17(10-12-18)20(15-23(26)25-13-5-2-6-14-25)21-16-24-22-8-4-3-7-19(21)22/h3-4,7-12,16,20,24H,2,5-6,13-15H2,1H3/t20-/m0/s1. The Kier molecular flexibility index (Phi) is 5.14. The summed E-state index contributed by atoms with van der Waals surface area (Å²) in [4.78, 5) is 18.4. The van der Waals surface area contributed by atoms with Crippen molar-refractivity contribution in [2.24, 2.45) is 0 Å². The Labute approximate surface area is 160 Å². The highest BCUT2D eigenvalue weighted by Crippen LogP contribution is 2.34. The molecule has 0 aliphatic carbocycles. The van der Waals surface area contributed by atoms with Gasteiger partial charge in [-0.25, -0.2) is 0 Å². The number of aromatic amines is 1. The van der Waals surface area contributed by atoms with Crippen LogP contribution in [0.15, 0.2) is 54.7 Å². The Bertz CT molecular complexity index is 908. The summed E-state index contributed by atoms with van der Waals surface area (Å²) in [6.07, 6.45) is 6.02. The van der Waals surface area contributed by atoms with Gasteiger partial charge >= 0.3 is 0 Å². The van der Waals surface area contributed by atoms with Crippen LogP contribution in [0.4, 0.5) is 0 Å². The summed E-state index contributed by atoms with van der Waals surface area (Å²) in [5, 5.41) is 1.18. The number of nitrogens with one attached hydrogen (secondary N) is 1. The summed E-state index contributed by atoms with van der Waals surface area (Å²) in [5.41, 5.74) is 3.43. The maximum Gasteiger partial charge on any atom is 0.223 e. The van der Waals surface area contributed by atoms with E-state index >= 15 is 0 Å². The van der Waals surface area contributed by atoms with Gasteiger partial charge in [-0.3, -0.25) is 4.79 Å². The summed E-state index contributed by atoms with van der Waals surface area (Å²) in [5.74, 6) is 1.11. The average molecular weight is 362 g/mol. The lowest BCUT2D eigenvalue weighted by atomic mass is 9.87. The summed E-state index contributed by atoms with van der Waals surface area (Å²) in [6.45, 7) is 1.78. The van der Waals surface area contributed by atoms with Crippen molar-refractivity contribution in [2.75, 3.05) is 20.2 Å². The van der Waals surface area contributed by atoms with Crippen LogP contribution in [0.1, 0.15) is 42.7 Å². The van der Waals surface area contributed by atoms with Gasteiger partial charge in [-0.2, -0.15) is 0 Å². The van der Waals surface area contributed by atoms with E-state index in [1.54, 1.807) is 7.11 Å².